The van der Waals surface area contributed by atoms with E-state index < -0.39 is 30.0 Å². The first-order chi connectivity index (χ1) is 9.87. The number of aliphatic hydroxyl groups is 1. The lowest BCUT2D eigenvalue weighted by atomic mass is 9.91. The normalized spacial score (nSPS) is 30.3. The predicted octanol–water partition coefficient (Wildman–Crippen LogP) is 2.28. The van der Waals surface area contributed by atoms with Gasteiger partial charge in [0.05, 0.1) is 12.1 Å². The summed E-state index contributed by atoms with van der Waals surface area (Å²) in [6, 6.07) is 2.83. The molecular formula is C14H13ClF2N2O2. The van der Waals surface area contributed by atoms with Crippen LogP contribution in [0.2, 0.25) is 5.02 Å². The number of allylic oxidation sites excluding steroid dienone is 1. The van der Waals surface area contributed by atoms with Crippen molar-refractivity contribution >= 4 is 17.5 Å². The average Bonchev–Trinajstić information content (AvgIpc) is 2.99. The Morgan fingerprint density at radius 2 is 2.29 bits per heavy atom. The van der Waals surface area contributed by atoms with Crippen LogP contribution in [0.4, 0.5) is 8.78 Å². The smallest absolute Gasteiger partial charge is 0.293 e. The minimum Gasteiger partial charge on any atom is -0.384 e. The lowest BCUT2D eigenvalue weighted by Gasteiger charge is -2.34. The number of pyridine rings is 1. The Morgan fingerprint density at radius 3 is 2.90 bits per heavy atom. The molecule has 1 aliphatic carbocycles. The van der Waals surface area contributed by atoms with Gasteiger partial charge < -0.3 is 10.0 Å². The molecule has 1 N–H and O–H groups in total. The number of hydrogen-bond donors (Lipinski definition) is 1. The first-order valence-electron chi connectivity index (χ1n) is 6.54. The minimum absolute atomic E-state index is 0.00734. The van der Waals surface area contributed by atoms with E-state index in [1.54, 1.807) is 6.08 Å². The van der Waals surface area contributed by atoms with Crippen molar-refractivity contribution in [2.24, 2.45) is 0 Å². The Balaban J connectivity index is 2.01. The lowest BCUT2D eigenvalue weighted by molar-refractivity contribution is -0.0896. The fraction of sp³-hybridized carbons (Fsp3) is 0.429. The number of nitrogens with zero attached hydrogens (tertiary/aromatic N) is 2. The Morgan fingerprint density at radius 1 is 1.52 bits per heavy atom. The van der Waals surface area contributed by atoms with Gasteiger partial charge in [-0.15, -0.1) is 0 Å². The van der Waals surface area contributed by atoms with Crippen LogP contribution in [0, 0.1) is 0 Å². The Hall–Kier alpha value is -1.53. The van der Waals surface area contributed by atoms with Crippen molar-refractivity contribution in [2.45, 2.75) is 30.4 Å². The van der Waals surface area contributed by atoms with Gasteiger partial charge in [-0.1, -0.05) is 23.8 Å². The Kier molecular flexibility index (Phi) is 3.26. The molecule has 0 saturated carbocycles. The molecule has 3 rings (SSSR count). The Bertz CT molecular complexity index is 623. The number of halogens is 3. The fourth-order valence-electron chi connectivity index (χ4n) is 3.02. The molecular weight excluding hydrogens is 302 g/mol. The molecule has 1 fully saturated rings. The van der Waals surface area contributed by atoms with Crippen molar-refractivity contribution in [2.75, 3.05) is 6.54 Å². The van der Waals surface area contributed by atoms with Crippen LogP contribution in [0.3, 0.4) is 0 Å². The summed E-state index contributed by atoms with van der Waals surface area (Å²) in [6.07, 6.45) is 3.46. The van der Waals surface area contributed by atoms with Gasteiger partial charge in [-0.05, 0) is 25.0 Å². The largest absolute Gasteiger partial charge is 0.384 e. The van der Waals surface area contributed by atoms with E-state index in [4.69, 9.17) is 11.6 Å². The zero-order valence-electron chi connectivity index (χ0n) is 11.0. The molecule has 1 spiro atoms. The molecule has 2 atom stereocenters. The van der Waals surface area contributed by atoms with E-state index >= 15 is 0 Å². The van der Waals surface area contributed by atoms with Crippen molar-refractivity contribution in [1.82, 2.24) is 9.88 Å². The zero-order valence-corrected chi connectivity index (χ0v) is 11.7. The second-order valence-corrected chi connectivity index (χ2v) is 5.78. The number of amides is 1. The van der Waals surface area contributed by atoms with Gasteiger partial charge in [-0.25, -0.2) is 8.78 Å². The molecule has 0 radical (unpaired) electrons. The van der Waals surface area contributed by atoms with E-state index in [1.807, 2.05) is 0 Å². The monoisotopic (exact) mass is 314 g/mol. The van der Waals surface area contributed by atoms with Gasteiger partial charge >= 0.3 is 0 Å². The fourth-order valence-corrected chi connectivity index (χ4v) is 3.18. The van der Waals surface area contributed by atoms with Gasteiger partial charge in [0, 0.05) is 11.2 Å². The molecule has 1 amide bonds. The molecule has 7 heteroatoms. The van der Waals surface area contributed by atoms with E-state index in [0.29, 0.717) is 11.4 Å². The average molecular weight is 315 g/mol. The second kappa shape index (κ2) is 4.74. The van der Waals surface area contributed by atoms with Crippen molar-refractivity contribution in [3.05, 3.63) is 41.2 Å². The first-order valence-corrected chi connectivity index (χ1v) is 6.92. The highest BCUT2D eigenvalue weighted by Crippen LogP contribution is 2.46. The summed E-state index contributed by atoms with van der Waals surface area (Å²) >= 11 is 5.81. The molecule has 1 aliphatic heterocycles. The van der Waals surface area contributed by atoms with Crippen molar-refractivity contribution in [3.8, 4) is 0 Å². The van der Waals surface area contributed by atoms with Gasteiger partial charge in [0.1, 0.15) is 11.8 Å². The van der Waals surface area contributed by atoms with Gasteiger partial charge in [0.2, 0.25) is 0 Å². The molecule has 1 aromatic rings. The van der Waals surface area contributed by atoms with Crippen molar-refractivity contribution < 1.29 is 18.7 Å². The number of rotatable bonds is 1. The molecule has 2 aliphatic rings. The van der Waals surface area contributed by atoms with E-state index in [2.05, 4.69) is 4.98 Å². The van der Waals surface area contributed by atoms with Crippen LogP contribution in [0.1, 0.15) is 23.3 Å². The molecule has 2 heterocycles. The summed E-state index contributed by atoms with van der Waals surface area (Å²) in [4.78, 5) is 17.4. The molecule has 1 aromatic heterocycles. The molecule has 112 valence electrons. The SMILES string of the molecule is O=C(c1cc(Cl)ccn1)N1CC(F)(F)C(O)C12C=CCC2. The summed E-state index contributed by atoms with van der Waals surface area (Å²) in [5.41, 5.74) is -1.36. The van der Waals surface area contributed by atoms with Crippen molar-refractivity contribution in [3.63, 3.8) is 0 Å². The van der Waals surface area contributed by atoms with E-state index in [-0.39, 0.29) is 12.1 Å². The molecule has 0 bridgehead atoms. The number of likely N-dealkylation sites (tertiary alicyclic amines) is 1. The van der Waals surface area contributed by atoms with E-state index in [9.17, 15) is 18.7 Å². The maximum absolute atomic E-state index is 13.9. The summed E-state index contributed by atoms with van der Waals surface area (Å²) in [5, 5.41) is 10.3. The van der Waals surface area contributed by atoms with Crippen molar-refractivity contribution in [1.29, 1.82) is 0 Å². The van der Waals surface area contributed by atoms with Crippen LogP contribution >= 0.6 is 11.6 Å². The molecule has 1 saturated heterocycles. The summed E-state index contributed by atoms with van der Waals surface area (Å²) in [6.45, 7) is -0.828. The van der Waals surface area contributed by atoms with Crippen LogP contribution < -0.4 is 0 Å². The lowest BCUT2D eigenvalue weighted by Crippen LogP contribution is -2.51. The standard InChI is InChI=1S/C14H13ClF2N2O2/c15-9-3-6-18-10(7-9)11(20)19-8-14(16,17)12(21)13(19)4-1-2-5-13/h1,3-4,6-7,12,21H,2,5,8H2. The molecule has 0 aromatic carbocycles. The van der Waals surface area contributed by atoms with E-state index in [1.165, 1.54) is 24.4 Å². The number of aromatic nitrogens is 1. The number of carbonyl (C=O) groups is 1. The highest BCUT2D eigenvalue weighted by Gasteiger charge is 2.63. The minimum atomic E-state index is -3.34. The second-order valence-electron chi connectivity index (χ2n) is 5.35. The van der Waals surface area contributed by atoms with Gasteiger partial charge in [-0.2, -0.15) is 0 Å². The highest BCUT2D eigenvalue weighted by atomic mass is 35.5. The van der Waals surface area contributed by atoms with Gasteiger partial charge in [-0.3, -0.25) is 9.78 Å². The zero-order chi connectivity index (χ0) is 15.3. The highest BCUT2D eigenvalue weighted by molar-refractivity contribution is 6.30. The number of carbonyl (C=O) groups excluding carboxylic acids is 1. The van der Waals surface area contributed by atoms with Gasteiger partial charge in [0.15, 0.2) is 0 Å². The summed E-state index contributed by atoms with van der Waals surface area (Å²) in [7, 11) is 0. The molecule has 4 nitrogen and oxygen atoms in total. The van der Waals surface area contributed by atoms with E-state index in [0.717, 1.165) is 4.90 Å². The number of hydrogen-bond acceptors (Lipinski definition) is 3. The Labute approximate surface area is 125 Å². The summed E-state index contributed by atoms with van der Waals surface area (Å²) in [5.74, 6) is -4.00. The molecule has 2 unspecified atom stereocenters. The topological polar surface area (TPSA) is 53.4 Å². The molecule has 21 heavy (non-hydrogen) atoms. The third-order valence-corrected chi connectivity index (χ3v) is 4.28. The maximum atomic E-state index is 13.9. The quantitative estimate of drug-likeness (QED) is 0.809. The third kappa shape index (κ3) is 2.13. The van der Waals surface area contributed by atoms with Crippen LogP contribution in [0.5, 0.6) is 0 Å². The first kappa shape index (κ1) is 14.4. The van der Waals surface area contributed by atoms with Crippen LogP contribution in [-0.2, 0) is 0 Å². The van der Waals surface area contributed by atoms with Crippen LogP contribution in [0.15, 0.2) is 30.5 Å². The van der Waals surface area contributed by atoms with Gasteiger partial charge in [0.25, 0.3) is 11.8 Å². The third-order valence-electron chi connectivity index (χ3n) is 4.05. The van der Waals surface area contributed by atoms with Crippen LogP contribution in [-0.4, -0.2) is 45.0 Å². The number of aliphatic hydroxyl groups excluding tert-OH is 1. The maximum Gasteiger partial charge on any atom is 0.293 e. The van der Waals surface area contributed by atoms with Crippen LogP contribution in [0.25, 0.3) is 0 Å². The number of alkyl halides is 2. The summed E-state index contributed by atoms with van der Waals surface area (Å²) < 4.78 is 27.8. The predicted molar refractivity (Wildman–Crippen MR) is 72.3 cm³/mol.